The van der Waals surface area contributed by atoms with Gasteiger partial charge in [-0.05, 0) is 30.2 Å². The van der Waals surface area contributed by atoms with Gasteiger partial charge in [-0.3, -0.25) is 4.79 Å². The lowest BCUT2D eigenvalue weighted by Gasteiger charge is -2.18. The van der Waals surface area contributed by atoms with Crippen LogP contribution in [0.1, 0.15) is 17.0 Å². The van der Waals surface area contributed by atoms with Crippen molar-refractivity contribution in [3.05, 3.63) is 65.5 Å². The first-order chi connectivity index (χ1) is 15.4. The standard InChI is InChI=1S/C22H24F2N4O3S/c1-15-25-26-22(28(15)13-16-7-5-4-6-8-16)32-14-20(29)27(2)12-17-9-10-18(31-21(23)24)19(11-17)30-3/h4-11,21H,12-14H2,1-3H3. The van der Waals surface area contributed by atoms with Crippen molar-refractivity contribution >= 4 is 17.7 Å². The maximum Gasteiger partial charge on any atom is 0.387 e. The van der Waals surface area contributed by atoms with Crippen molar-refractivity contribution in [2.24, 2.45) is 0 Å². The summed E-state index contributed by atoms with van der Waals surface area (Å²) >= 11 is 1.32. The SMILES string of the molecule is COc1cc(CN(C)C(=O)CSc2nnc(C)n2Cc2ccccc2)ccc1OC(F)F. The highest BCUT2D eigenvalue weighted by Crippen LogP contribution is 2.30. The van der Waals surface area contributed by atoms with Crippen molar-refractivity contribution < 1.29 is 23.0 Å². The number of methoxy groups -OCH3 is 1. The van der Waals surface area contributed by atoms with Crippen LogP contribution in [0.15, 0.2) is 53.7 Å². The van der Waals surface area contributed by atoms with Gasteiger partial charge in [0.2, 0.25) is 5.91 Å². The molecule has 7 nitrogen and oxygen atoms in total. The molecule has 0 N–H and O–H groups in total. The Hall–Kier alpha value is -3.14. The van der Waals surface area contributed by atoms with Crippen molar-refractivity contribution in [2.75, 3.05) is 19.9 Å². The molecule has 0 unspecified atom stereocenters. The maximum atomic E-state index is 12.7. The monoisotopic (exact) mass is 462 g/mol. The number of benzene rings is 2. The van der Waals surface area contributed by atoms with E-state index in [4.69, 9.17) is 4.74 Å². The zero-order valence-corrected chi connectivity index (χ0v) is 18.8. The van der Waals surface area contributed by atoms with Crippen molar-refractivity contribution in [3.8, 4) is 11.5 Å². The number of amides is 1. The van der Waals surface area contributed by atoms with Crippen LogP contribution in [0.4, 0.5) is 8.78 Å². The van der Waals surface area contributed by atoms with Gasteiger partial charge in [0.25, 0.3) is 0 Å². The van der Waals surface area contributed by atoms with Gasteiger partial charge in [-0.1, -0.05) is 48.2 Å². The van der Waals surface area contributed by atoms with Crippen LogP contribution in [0.25, 0.3) is 0 Å². The van der Waals surface area contributed by atoms with Gasteiger partial charge >= 0.3 is 6.61 Å². The first-order valence-electron chi connectivity index (χ1n) is 9.79. The number of hydrogen-bond acceptors (Lipinski definition) is 6. The Morgan fingerprint density at radius 2 is 1.88 bits per heavy atom. The second kappa shape index (κ2) is 10.9. The van der Waals surface area contributed by atoms with Crippen LogP contribution in [0.3, 0.4) is 0 Å². The molecule has 170 valence electrons. The summed E-state index contributed by atoms with van der Waals surface area (Å²) in [6.45, 7) is -0.147. The molecule has 0 fully saturated rings. The minimum absolute atomic E-state index is 0.0519. The normalized spacial score (nSPS) is 10.9. The Labute approximate surface area is 189 Å². The lowest BCUT2D eigenvalue weighted by Crippen LogP contribution is -2.28. The molecule has 1 aromatic heterocycles. The number of alkyl halides is 2. The molecular weight excluding hydrogens is 438 g/mol. The molecule has 0 atom stereocenters. The Balaban J connectivity index is 1.60. The number of carbonyl (C=O) groups is 1. The number of thioether (sulfide) groups is 1. The Morgan fingerprint density at radius 1 is 1.12 bits per heavy atom. The predicted octanol–water partition coefficient (Wildman–Crippen LogP) is 4.00. The first kappa shape index (κ1) is 23.5. The number of rotatable bonds is 10. The molecule has 32 heavy (non-hydrogen) atoms. The predicted molar refractivity (Wildman–Crippen MR) is 117 cm³/mol. The lowest BCUT2D eigenvalue weighted by molar-refractivity contribution is -0.127. The van der Waals surface area contributed by atoms with Gasteiger partial charge in [-0.25, -0.2) is 0 Å². The van der Waals surface area contributed by atoms with Gasteiger partial charge in [-0.2, -0.15) is 8.78 Å². The number of nitrogens with zero attached hydrogens (tertiary/aromatic N) is 4. The summed E-state index contributed by atoms with van der Waals surface area (Å²) in [5.41, 5.74) is 1.85. The van der Waals surface area contributed by atoms with Crippen LogP contribution in [-0.4, -0.2) is 52.1 Å². The molecule has 0 spiro atoms. The van der Waals surface area contributed by atoms with Crippen LogP contribution in [0, 0.1) is 6.92 Å². The zero-order valence-electron chi connectivity index (χ0n) is 18.0. The number of carbonyl (C=O) groups excluding carboxylic acids is 1. The van der Waals surface area contributed by atoms with E-state index in [1.165, 1.54) is 24.9 Å². The summed E-state index contributed by atoms with van der Waals surface area (Å²) in [5.74, 6) is 0.989. The third-order valence-electron chi connectivity index (χ3n) is 4.70. The minimum Gasteiger partial charge on any atom is -0.493 e. The van der Waals surface area contributed by atoms with E-state index >= 15 is 0 Å². The highest BCUT2D eigenvalue weighted by molar-refractivity contribution is 7.99. The van der Waals surface area contributed by atoms with E-state index in [-0.39, 0.29) is 23.2 Å². The highest BCUT2D eigenvalue weighted by atomic mass is 32.2. The van der Waals surface area contributed by atoms with Crippen LogP contribution in [0.2, 0.25) is 0 Å². The second-order valence-electron chi connectivity index (χ2n) is 7.00. The molecule has 3 aromatic rings. The van der Waals surface area contributed by atoms with Gasteiger partial charge in [0, 0.05) is 13.6 Å². The number of hydrogen-bond donors (Lipinski definition) is 0. The average Bonchev–Trinajstić information content (AvgIpc) is 3.12. The van der Waals surface area contributed by atoms with Gasteiger partial charge in [0.05, 0.1) is 19.4 Å². The molecule has 0 aliphatic carbocycles. The van der Waals surface area contributed by atoms with E-state index < -0.39 is 6.61 Å². The zero-order chi connectivity index (χ0) is 23.1. The molecule has 0 bridgehead atoms. The van der Waals surface area contributed by atoms with E-state index in [0.29, 0.717) is 18.2 Å². The minimum atomic E-state index is -2.94. The molecular formula is C22H24F2N4O3S. The Morgan fingerprint density at radius 3 is 2.56 bits per heavy atom. The number of aromatic nitrogens is 3. The van der Waals surface area contributed by atoms with Gasteiger partial charge in [0.15, 0.2) is 16.7 Å². The summed E-state index contributed by atoms with van der Waals surface area (Å²) in [7, 11) is 3.05. The molecule has 0 aliphatic heterocycles. The van der Waals surface area contributed by atoms with E-state index in [0.717, 1.165) is 17.0 Å². The van der Waals surface area contributed by atoms with E-state index in [9.17, 15) is 13.6 Å². The molecule has 1 amide bonds. The van der Waals surface area contributed by atoms with Crippen molar-refractivity contribution in [3.63, 3.8) is 0 Å². The fourth-order valence-electron chi connectivity index (χ4n) is 3.02. The topological polar surface area (TPSA) is 69.5 Å². The number of aryl methyl sites for hydroxylation is 1. The fraction of sp³-hybridized carbons (Fsp3) is 0.318. The van der Waals surface area contributed by atoms with Gasteiger partial charge in [0.1, 0.15) is 5.82 Å². The first-order valence-corrected chi connectivity index (χ1v) is 10.8. The van der Waals surface area contributed by atoms with Crippen LogP contribution < -0.4 is 9.47 Å². The Bertz CT molecular complexity index is 1050. The number of halogens is 2. The molecule has 3 rings (SSSR count). The molecule has 0 saturated carbocycles. The van der Waals surface area contributed by atoms with Gasteiger partial charge < -0.3 is 18.9 Å². The number of ether oxygens (including phenoxy) is 2. The second-order valence-corrected chi connectivity index (χ2v) is 7.95. The van der Waals surface area contributed by atoms with Crippen molar-refractivity contribution in [1.82, 2.24) is 19.7 Å². The fourth-order valence-corrected chi connectivity index (χ4v) is 3.94. The lowest BCUT2D eigenvalue weighted by atomic mass is 10.2. The molecule has 1 heterocycles. The third kappa shape index (κ3) is 6.19. The van der Waals surface area contributed by atoms with E-state index in [1.54, 1.807) is 24.1 Å². The summed E-state index contributed by atoms with van der Waals surface area (Å²) in [6, 6.07) is 14.6. The average molecular weight is 463 g/mol. The largest absolute Gasteiger partial charge is 0.493 e. The summed E-state index contributed by atoms with van der Waals surface area (Å²) < 4.78 is 36.5. The van der Waals surface area contributed by atoms with E-state index in [2.05, 4.69) is 14.9 Å². The molecule has 0 radical (unpaired) electrons. The molecule has 0 saturated heterocycles. The van der Waals surface area contributed by atoms with E-state index in [1.807, 2.05) is 41.8 Å². The van der Waals surface area contributed by atoms with Crippen LogP contribution >= 0.6 is 11.8 Å². The van der Waals surface area contributed by atoms with Gasteiger partial charge in [-0.15, -0.1) is 10.2 Å². The Kier molecular flexibility index (Phi) is 8.04. The summed E-state index contributed by atoms with van der Waals surface area (Å²) in [4.78, 5) is 14.2. The van der Waals surface area contributed by atoms with Crippen LogP contribution in [0.5, 0.6) is 11.5 Å². The molecule has 10 heteroatoms. The van der Waals surface area contributed by atoms with Crippen LogP contribution in [-0.2, 0) is 17.9 Å². The quantitative estimate of drug-likeness (QED) is 0.425. The molecule has 0 aliphatic rings. The van der Waals surface area contributed by atoms with Crippen molar-refractivity contribution in [1.29, 1.82) is 0 Å². The smallest absolute Gasteiger partial charge is 0.387 e. The molecule has 2 aromatic carbocycles. The maximum absolute atomic E-state index is 12.7. The summed E-state index contributed by atoms with van der Waals surface area (Å²) in [5, 5.41) is 9.01. The highest BCUT2D eigenvalue weighted by Gasteiger charge is 2.16. The third-order valence-corrected chi connectivity index (χ3v) is 5.65. The summed E-state index contributed by atoms with van der Waals surface area (Å²) in [6.07, 6.45) is 0. The van der Waals surface area contributed by atoms with Crippen molar-refractivity contribution in [2.45, 2.75) is 31.8 Å².